The van der Waals surface area contributed by atoms with Gasteiger partial charge >= 0.3 is 0 Å². The summed E-state index contributed by atoms with van der Waals surface area (Å²) >= 11 is 0. The van der Waals surface area contributed by atoms with Gasteiger partial charge in [0, 0.05) is 43.2 Å². The SMILES string of the molecule is Cc1c(Oc2ccnc(NC(=O)c3cccn3C)c2)cccc1C(=O)NCc1ccc(F)cc1. The molecule has 2 amide bonds. The van der Waals surface area contributed by atoms with Gasteiger partial charge in [0.1, 0.15) is 28.8 Å². The van der Waals surface area contributed by atoms with Crippen molar-refractivity contribution in [3.8, 4) is 11.5 Å². The van der Waals surface area contributed by atoms with E-state index in [9.17, 15) is 14.0 Å². The van der Waals surface area contributed by atoms with Crippen molar-refractivity contribution in [1.82, 2.24) is 14.9 Å². The fourth-order valence-corrected chi connectivity index (χ4v) is 3.40. The van der Waals surface area contributed by atoms with Crippen LogP contribution < -0.4 is 15.4 Å². The normalized spacial score (nSPS) is 10.6. The Balaban J connectivity index is 1.45. The lowest BCUT2D eigenvalue weighted by atomic mass is 10.1. The second kappa shape index (κ2) is 9.99. The summed E-state index contributed by atoms with van der Waals surface area (Å²) in [6.45, 7) is 2.07. The van der Waals surface area contributed by atoms with E-state index in [0.717, 1.165) is 5.56 Å². The number of rotatable bonds is 7. The Morgan fingerprint density at radius 1 is 1.03 bits per heavy atom. The van der Waals surface area contributed by atoms with E-state index in [2.05, 4.69) is 15.6 Å². The van der Waals surface area contributed by atoms with Crippen LogP contribution in [0.2, 0.25) is 0 Å². The molecule has 0 bridgehead atoms. The predicted molar refractivity (Wildman–Crippen MR) is 126 cm³/mol. The maximum Gasteiger partial charge on any atom is 0.273 e. The quantitative estimate of drug-likeness (QED) is 0.415. The van der Waals surface area contributed by atoms with E-state index in [1.807, 2.05) is 0 Å². The largest absolute Gasteiger partial charge is 0.457 e. The van der Waals surface area contributed by atoms with Gasteiger partial charge in [0.25, 0.3) is 11.8 Å². The van der Waals surface area contributed by atoms with Crippen LogP contribution in [-0.2, 0) is 13.6 Å². The Hall–Kier alpha value is -4.46. The van der Waals surface area contributed by atoms with Crippen LogP contribution in [0.4, 0.5) is 10.2 Å². The van der Waals surface area contributed by atoms with Gasteiger partial charge in [0.15, 0.2) is 0 Å². The fraction of sp³-hybridized carbons (Fsp3) is 0.115. The number of aromatic nitrogens is 2. The number of halogens is 1. The zero-order valence-corrected chi connectivity index (χ0v) is 18.7. The summed E-state index contributed by atoms with van der Waals surface area (Å²) in [6, 6.07) is 17.9. The van der Waals surface area contributed by atoms with Crippen molar-refractivity contribution in [1.29, 1.82) is 0 Å². The molecule has 0 aliphatic rings. The van der Waals surface area contributed by atoms with Crippen molar-refractivity contribution in [2.75, 3.05) is 5.32 Å². The number of hydrogen-bond donors (Lipinski definition) is 2. The molecule has 34 heavy (non-hydrogen) atoms. The van der Waals surface area contributed by atoms with E-state index >= 15 is 0 Å². The van der Waals surface area contributed by atoms with Gasteiger partial charge in [-0.3, -0.25) is 9.59 Å². The number of nitrogens with zero attached hydrogens (tertiary/aromatic N) is 2. The number of anilines is 1. The predicted octanol–water partition coefficient (Wildman–Crippen LogP) is 4.84. The average molecular weight is 458 g/mol. The summed E-state index contributed by atoms with van der Waals surface area (Å²) in [7, 11) is 1.79. The Morgan fingerprint density at radius 2 is 1.82 bits per heavy atom. The molecule has 0 atom stereocenters. The third kappa shape index (κ3) is 5.29. The topological polar surface area (TPSA) is 85.2 Å². The van der Waals surface area contributed by atoms with Crippen LogP contribution in [0.15, 0.2) is 79.1 Å². The summed E-state index contributed by atoms with van der Waals surface area (Å²) in [5.74, 6) is 0.430. The molecule has 2 aromatic carbocycles. The molecule has 8 heteroatoms. The third-order valence-electron chi connectivity index (χ3n) is 5.27. The lowest BCUT2D eigenvalue weighted by Gasteiger charge is -2.13. The second-order valence-electron chi connectivity index (χ2n) is 7.68. The van der Waals surface area contributed by atoms with Crippen molar-refractivity contribution in [2.45, 2.75) is 13.5 Å². The Morgan fingerprint density at radius 3 is 2.56 bits per heavy atom. The zero-order valence-electron chi connectivity index (χ0n) is 18.7. The number of carbonyl (C=O) groups is 2. The first-order chi connectivity index (χ1) is 16.4. The molecule has 0 aliphatic carbocycles. The van der Waals surface area contributed by atoms with E-state index in [1.54, 1.807) is 79.3 Å². The number of amides is 2. The van der Waals surface area contributed by atoms with Crippen LogP contribution in [0.1, 0.15) is 32.0 Å². The minimum Gasteiger partial charge on any atom is -0.457 e. The molecule has 4 aromatic rings. The minimum atomic E-state index is -0.324. The van der Waals surface area contributed by atoms with Gasteiger partial charge in [-0.2, -0.15) is 0 Å². The highest BCUT2D eigenvalue weighted by atomic mass is 19.1. The van der Waals surface area contributed by atoms with Crippen LogP contribution in [0, 0.1) is 12.7 Å². The molecule has 2 N–H and O–H groups in total. The summed E-state index contributed by atoms with van der Waals surface area (Å²) in [6.07, 6.45) is 3.32. The highest BCUT2D eigenvalue weighted by Crippen LogP contribution is 2.28. The lowest BCUT2D eigenvalue weighted by molar-refractivity contribution is 0.0949. The molecular formula is C26H23FN4O3. The average Bonchev–Trinajstić information content (AvgIpc) is 3.26. The van der Waals surface area contributed by atoms with Gasteiger partial charge in [-0.05, 0) is 55.0 Å². The van der Waals surface area contributed by atoms with Crippen LogP contribution >= 0.6 is 0 Å². The van der Waals surface area contributed by atoms with Gasteiger partial charge in [-0.1, -0.05) is 18.2 Å². The fourth-order valence-electron chi connectivity index (χ4n) is 3.40. The highest BCUT2D eigenvalue weighted by Gasteiger charge is 2.14. The molecule has 2 heterocycles. The smallest absolute Gasteiger partial charge is 0.273 e. The van der Waals surface area contributed by atoms with Crippen molar-refractivity contribution >= 4 is 17.6 Å². The molecule has 0 spiro atoms. The van der Waals surface area contributed by atoms with Crippen LogP contribution in [0.5, 0.6) is 11.5 Å². The Labute approximate surface area is 196 Å². The van der Waals surface area contributed by atoms with E-state index in [-0.39, 0.29) is 24.2 Å². The van der Waals surface area contributed by atoms with Gasteiger partial charge in [0.05, 0.1) is 0 Å². The standard InChI is InChI=1S/C26H23FN4O3/c1-17-21(25(32)29-16-18-8-10-19(27)11-9-18)5-3-7-23(17)34-20-12-13-28-24(15-20)30-26(33)22-6-4-14-31(22)2/h3-15H,16H2,1-2H3,(H,29,32)(H,28,30,33). The van der Waals surface area contributed by atoms with Crippen molar-refractivity contribution in [3.05, 3.63) is 107 Å². The summed E-state index contributed by atoms with van der Waals surface area (Å²) < 4.78 is 20.8. The zero-order chi connectivity index (χ0) is 24.1. The van der Waals surface area contributed by atoms with Crippen LogP contribution in [-0.4, -0.2) is 21.4 Å². The summed E-state index contributed by atoms with van der Waals surface area (Å²) in [5, 5.41) is 5.59. The molecule has 7 nitrogen and oxygen atoms in total. The molecule has 0 unspecified atom stereocenters. The summed E-state index contributed by atoms with van der Waals surface area (Å²) in [5.41, 5.74) is 2.42. The first-order valence-electron chi connectivity index (χ1n) is 10.6. The Bertz CT molecular complexity index is 1330. The highest BCUT2D eigenvalue weighted by molar-refractivity contribution is 6.02. The van der Waals surface area contributed by atoms with Gasteiger partial charge < -0.3 is 19.9 Å². The van der Waals surface area contributed by atoms with Crippen molar-refractivity contribution in [3.63, 3.8) is 0 Å². The van der Waals surface area contributed by atoms with Crippen molar-refractivity contribution < 1.29 is 18.7 Å². The van der Waals surface area contributed by atoms with E-state index in [0.29, 0.717) is 34.1 Å². The van der Waals surface area contributed by atoms with Gasteiger partial charge in [-0.25, -0.2) is 9.37 Å². The molecule has 2 aromatic heterocycles. The molecule has 0 aliphatic heterocycles. The molecular weight excluding hydrogens is 435 g/mol. The number of benzene rings is 2. The second-order valence-corrected chi connectivity index (χ2v) is 7.68. The number of nitrogens with one attached hydrogen (secondary N) is 2. The summed E-state index contributed by atoms with van der Waals surface area (Å²) in [4.78, 5) is 29.3. The molecule has 0 saturated heterocycles. The van der Waals surface area contributed by atoms with Gasteiger partial charge in [0.2, 0.25) is 0 Å². The van der Waals surface area contributed by atoms with E-state index in [4.69, 9.17) is 4.74 Å². The number of ether oxygens (including phenoxy) is 1. The van der Waals surface area contributed by atoms with Gasteiger partial charge in [-0.15, -0.1) is 0 Å². The van der Waals surface area contributed by atoms with Crippen LogP contribution in [0.3, 0.4) is 0 Å². The molecule has 0 saturated carbocycles. The first-order valence-corrected chi connectivity index (χ1v) is 10.6. The van der Waals surface area contributed by atoms with Crippen LogP contribution in [0.25, 0.3) is 0 Å². The van der Waals surface area contributed by atoms with Crippen molar-refractivity contribution in [2.24, 2.45) is 7.05 Å². The molecule has 0 radical (unpaired) electrons. The Kier molecular flexibility index (Phi) is 6.68. The number of hydrogen-bond acceptors (Lipinski definition) is 4. The third-order valence-corrected chi connectivity index (χ3v) is 5.27. The number of pyridine rings is 1. The first kappa shape index (κ1) is 22.7. The number of aryl methyl sites for hydroxylation is 1. The lowest BCUT2D eigenvalue weighted by Crippen LogP contribution is -2.23. The molecule has 0 fully saturated rings. The van der Waals surface area contributed by atoms with E-state index in [1.165, 1.54) is 18.3 Å². The number of carbonyl (C=O) groups excluding carboxylic acids is 2. The minimum absolute atomic E-state index is 0.266. The van der Waals surface area contributed by atoms with E-state index < -0.39 is 0 Å². The molecule has 172 valence electrons. The maximum atomic E-state index is 13.1. The maximum absolute atomic E-state index is 13.1. The monoisotopic (exact) mass is 458 g/mol. The molecule has 4 rings (SSSR count).